The van der Waals surface area contributed by atoms with Gasteiger partial charge in [-0.15, -0.1) is 0 Å². The summed E-state index contributed by atoms with van der Waals surface area (Å²) in [6.07, 6.45) is 0.445. The minimum absolute atomic E-state index is 0.142. The number of aromatic nitrogens is 2. The van der Waals surface area contributed by atoms with Crippen molar-refractivity contribution in [2.45, 2.75) is 19.8 Å². The molecule has 0 fully saturated rings. The Kier molecular flexibility index (Phi) is 5.21. The molecule has 33 heavy (non-hydrogen) atoms. The zero-order valence-corrected chi connectivity index (χ0v) is 17.5. The van der Waals surface area contributed by atoms with Crippen molar-refractivity contribution >= 4 is 23.2 Å². The van der Waals surface area contributed by atoms with Crippen molar-refractivity contribution in [3.8, 4) is 22.9 Å². The molecule has 0 saturated heterocycles. The van der Waals surface area contributed by atoms with Gasteiger partial charge in [-0.3, -0.25) is 9.59 Å². The van der Waals surface area contributed by atoms with Crippen molar-refractivity contribution in [2.75, 3.05) is 18.7 Å². The number of fused-ring (bicyclic) bond motifs is 1. The first-order valence-electron chi connectivity index (χ1n) is 10.1. The highest BCUT2D eigenvalue weighted by Crippen LogP contribution is 2.35. The van der Waals surface area contributed by atoms with Gasteiger partial charge in [0.2, 0.25) is 24.4 Å². The van der Waals surface area contributed by atoms with Crippen LogP contribution >= 0.6 is 0 Å². The summed E-state index contributed by atoms with van der Waals surface area (Å²) in [6, 6.07) is 9.51. The number of rotatable bonds is 5. The Morgan fingerprint density at radius 1 is 1.15 bits per heavy atom. The Morgan fingerprint density at radius 2 is 2.00 bits per heavy atom. The van der Waals surface area contributed by atoms with Crippen LogP contribution in [-0.4, -0.2) is 46.0 Å². The van der Waals surface area contributed by atoms with Crippen LogP contribution in [0.1, 0.15) is 24.3 Å². The number of carbonyl (C=O) groups is 2. The third-order valence-electron chi connectivity index (χ3n) is 5.14. The number of anilines is 1. The monoisotopic (exact) mass is 451 g/mol. The van der Waals surface area contributed by atoms with E-state index in [2.05, 4.69) is 20.6 Å². The number of hydrazone groups is 1. The molecule has 2 amide bonds. The van der Waals surface area contributed by atoms with Crippen LogP contribution in [0.15, 0.2) is 46.0 Å². The molecule has 11 heteroatoms. The Labute approximate surface area is 187 Å². The molecular formula is C22H18FN5O5. The van der Waals surface area contributed by atoms with E-state index in [4.69, 9.17) is 14.0 Å². The predicted molar refractivity (Wildman–Crippen MR) is 113 cm³/mol. The summed E-state index contributed by atoms with van der Waals surface area (Å²) in [5, 5.41) is 11.9. The van der Waals surface area contributed by atoms with Crippen LogP contribution in [0.2, 0.25) is 0 Å². The first kappa shape index (κ1) is 20.6. The van der Waals surface area contributed by atoms with Crippen molar-refractivity contribution in [3.05, 3.63) is 53.7 Å². The molecule has 0 saturated carbocycles. The third kappa shape index (κ3) is 4.25. The molecule has 2 aliphatic rings. The molecule has 168 valence electrons. The first-order chi connectivity index (χ1) is 16.0. The second-order valence-corrected chi connectivity index (χ2v) is 7.50. The van der Waals surface area contributed by atoms with E-state index >= 15 is 0 Å². The number of halogens is 1. The van der Waals surface area contributed by atoms with Crippen LogP contribution < -0.4 is 14.8 Å². The van der Waals surface area contributed by atoms with E-state index in [1.54, 1.807) is 25.1 Å². The number of aryl methyl sites for hydroxylation is 1. The van der Waals surface area contributed by atoms with Crippen molar-refractivity contribution in [1.29, 1.82) is 0 Å². The van der Waals surface area contributed by atoms with E-state index in [9.17, 15) is 14.0 Å². The zero-order chi connectivity index (χ0) is 22.9. The molecule has 0 radical (unpaired) electrons. The highest BCUT2D eigenvalue weighted by Gasteiger charge is 2.27. The summed E-state index contributed by atoms with van der Waals surface area (Å²) in [4.78, 5) is 29.1. The second-order valence-electron chi connectivity index (χ2n) is 7.50. The number of ether oxygens (including phenoxy) is 2. The SMILES string of the molecule is Cc1cc(NC(=O)CN2N=C(c3nc(-c4ccc5c(c4)OCO5)no3)CCC2=O)ccc1F. The Bertz CT molecular complexity index is 1290. The van der Waals surface area contributed by atoms with Gasteiger partial charge in [-0.1, -0.05) is 5.16 Å². The van der Waals surface area contributed by atoms with Gasteiger partial charge in [-0.2, -0.15) is 10.1 Å². The van der Waals surface area contributed by atoms with Gasteiger partial charge < -0.3 is 19.3 Å². The molecule has 3 aromatic rings. The van der Waals surface area contributed by atoms with Crippen LogP contribution in [0.5, 0.6) is 11.5 Å². The lowest BCUT2D eigenvalue weighted by Gasteiger charge is -2.21. The van der Waals surface area contributed by atoms with Gasteiger partial charge in [-0.05, 0) is 48.9 Å². The first-order valence-corrected chi connectivity index (χ1v) is 10.1. The van der Waals surface area contributed by atoms with Crippen molar-refractivity contribution in [3.63, 3.8) is 0 Å². The molecule has 0 unspecified atom stereocenters. The Morgan fingerprint density at radius 3 is 2.85 bits per heavy atom. The van der Waals surface area contributed by atoms with Gasteiger partial charge in [0.1, 0.15) is 18.1 Å². The highest BCUT2D eigenvalue weighted by atomic mass is 19.1. The fraction of sp³-hybridized carbons (Fsp3) is 0.227. The lowest BCUT2D eigenvalue weighted by Crippen LogP contribution is -2.38. The van der Waals surface area contributed by atoms with Gasteiger partial charge >= 0.3 is 0 Å². The number of amides is 2. The average molecular weight is 451 g/mol. The van der Waals surface area contributed by atoms with Gasteiger partial charge in [0.05, 0.1) is 0 Å². The highest BCUT2D eigenvalue weighted by molar-refractivity contribution is 6.02. The van der Waals surface area contributed by atoms with Gasteiger partial charge in [0, 0.05) is 24.1 Å². The number of hydrogen-bond donors (Lipinski definition) is 1. The van der Waals surface area contributed by atoms with Crippen molar-refractivity contribution in [1.82, 2.24) is 15.1 Å². The largest absolute Gasteiger partial charge is 0.454 e. The predicted octanol–water partition coefficient (Wildman–Crippen LogP) is 2.88. The maximum Gasteiger partial charge on any atom is 0.274 e. The van der Waals surface area contributed by atoms with E-state index in [-0.39, 0.29) is 37.4 Å². The quantitative estimate of drug-likeness (QED) is 0.633. The Balaban J connectivity index is 1.30. The Hall–Kier alpha value is -4.28. The second kappa shape index (κ2) is 8.34. The maximum atomic E-state index is 13.4. The smallest absolute Gasteiger partial charge is 0.274 e. The number of hydrogen-bond acceptors (Lipinski definition) is 8. The normalized spacial score (nSPS) is 14.9. The molecule has 10 nitrogen and oxygen atoms in total. The fourth-order valence-corrected chi connectivity index (χ4v) is 3.43. The van der Waals surface area contributed by atoms with E-state index in [0.29, 0.717) is 46.3 Å². The third-order valence-corrected chi connectivity index (χ3v) is 5.14. The van der Waals surface area contributed by atoms with E-state index in [1.165, 1.54) is 18.2 Å². The van der Waals surface area contributed by atoms with Crippen LogP contribution in [0.4, 0.5) is 10.1 Å². The minimum Gasteiger partial charge on any atom is -0.454 e. The molecule has 0 bridgehead atoms. The summed E-state index contributed by atoms with van der Waals surface area (Å²) in [6.45, 7) is 1.45. The molecular weight excluding hydrogens is 433 g/mol. The standard InChI is InChI=1S/C22H18FN5O5/c1-12-8-14(3-4-15(12)23)24-19(29)10-28-20(30)7-5-16(26-28)22-25-21(27-33-22)13-2-6-17-18(9-13)32-11-31-17/h2-4,6,8-9H,5,7,10-11H2,1H3,(H,24,29). The van der Waals surface area contributed by atoms with Crippen LogP contribution in [-0.2, 0) is 9.59 Å². The minimum atomic E-state index is -0.467. The van der Waals surface area contributed by atoms with Gasteiger partial charge in [-0.25, -0.2) is 9.40 Å². The van der Waals surface area contributed by atoms with Gasteiger partial charge in [0.25, 0.3) is 5.89 Å². The molecule has 2 aromatic carbocycles. The van der Waals surface area contributed by atoms with Crippen LogP contribution in [0, 0.1) is 12.7 Å². The fourth-order valence-electron chi connectivity index (χ4n) is 3.43. The molecule has 1 aromatic heterocycles. The number of benzene rings is 2. The molecule has 5 rings (SSSR count). The molecule has 0 spiro atoms. The summed E-state index contributed by atoms with van der Waals surface area (Å²) in [5.74, 6) is 0.586. The van der Waals surface area contributed by atoms with E-state index in [0.717, 1.165) is 5.01 Å². The maximum absolute atomic E-state index is 13.4. The molecule has 2 aliphatic heterocycles. The number of carbonyl (C=O) groups excluding carboxylic acids is 2. The topological polar surface area (TPSA) is 119 Å². The van der Waals surface area contributed by atoms with Crippen LogP contribution in [0.25, 0.3) is 11.4 Å². The zero-order valence-electron chi connectivity index (χ0n) is 17.5. The lowest BCUT2D eigenvalue weighted by molar-refractivity contribution is -0.135. The summed E-state index contributed by atoms with van der Waals surface area (Å²) in [5.41, 5.74) is 1.90. The molecule has 0 aliphatic carbocycles. The number of nitrogens with one attached hydrogen (secondary N) is 1. The average Bonchev–Trinajstić information content (AvgIpc) is 3.47. The van der Waals surface area contributed by atoms with Crippen LogP contribution in [0.3, 0.4) is 0 Å². The summed E-state index contributed by atoms with van der Waals surface area (Å²) < 4.78 is 29.4. The number of nitrogens with zero attached hydrogens (tertiary/aromatic N) is 4. The van der Waals surface area contributed by atoms with Crippen molar-refractivity contribution in [2.24, 2.45) is 5.10 Å². The lowest BCUT2D eigenvalue weighted by atomic mass is 10.1. The van der Waals surface area contributed by atoms with E-state index in [1.807, 2.05) is 0 Å². The summed E-state index contributed by atoms with van der Waals surface area (Å²) >= 11 is 0. The molecule has 1 N–H and O–H groups in total. The van der Waals surface area contributed by atoms with E-state index < -0.39 is 5.91 Å². The molecule has 3 heterocycles. The van der Waals surface area contributed by atoms with Gasteiger partial charge in [0.15, 0.2) is 11.5 Å². The summed E-state index contributed by atoms with van der Waals surface area (Å²) in [7, 11) is 0. The van der Waals surface area contributed by atoms with Crippen molar-refractivity contribution < 1.29 is 28.0 Å². The molecule has 0 atom stereocenters.